The molecule has 16 heavy (non-hydrogen) atoms. The summed E-state index contributed by atoms with van der Waals surface area (Å²) in [6.07, 6.45) is 7.24. The largest absolute Gasteiger partial charge is 0.393 e. The van der Waals surface area contributed by atoms with Crippen molar-refractivity contribution >= 4 is 23.1 Å². The Kier molecular flexibility index (Phi) is 3.46. The molecule has 1 saturated carbocycles. The number of halogens is 1. The van der Waals surface area contributed by atoms with Gasteiger partial charge in [0.1, 0.15) is 12.0 Å². The highest BCUT2D eigenvalue weighted by atomic mass is 35.5. The Morgan fingerprint density at radius 1 is 1.25 bits per heavy atom. The van der Waals surface area contributed by atoms with Crippen molar-refractivity contribution in [2.45, 2.75) is 38.1 Å². The van der Waals surface area contributed by atoms with Crippen LogP contribution >= 0.6 is 11.6 Å². The summed E-state index contributed by atoms with van der Waals surface area (Å²) in [4.78, 5) is 7.91. The molecule has 0 unspecified atom stereocenters. The molecule has 0 aromatic carbocycles. The van der Waals surface area contributed by atoms with Gasteiger partial charge in [-0.2, -0.15) is 0 Å². The van der Waals surface area contributed by atoms with E-state index in [1.807, 2.05) is 0 Å². The van der Waals surface area contributed by atoms with Crippen molar-refractivity contribution in [3.63, 3.8) is 0 Å². The van der Waals surface area contributed by atoms with Crippen LogP contribution in [0.25, 0.3) is 0 Å². The zero-order valence-electron chi connectivity index (χ0n) is 9.06. The first-order valence-electron chi connectivity index (χ1n) is 5.50. The van der Waals surface area contributed by atoms with Gasteiger partial charge in [-0.05, 0) is 12.8 Å². The zero-order valence-corrected chi connectivity index (χ0v) is 9.82. The van der Waals surface area contributed by atoms with Crippen molar-refractivity contribution in [2.75, 3.05) is 10.7 Å². The minimum Gasteiger partial charge on any atom is -0.393 e. The molecule has 1 aromatic heterocycles. The first-order chi connectivity index (χ1) is 7.70. The monoisotopic (exact) mass is 241 g/mol. The summed E-state index contributed by atoms with van der Waals surface area (Å²) in [5.74, 6) is 6.58. The molecule has 0 aliphatic heterocycles. The van der Waals surface area contributed by atoms with Gasteiger partial charge in [-0.1, -0.05) is 30.9 Å². The molecule has 0 spiro atoms. The minimum absolute atomic E-state index is 0.260. The summed E-state index contributed by atoms with van der Waals surface area (Å²) < 4.78 is 0. The Labute approximate surface area is 99.8 Å². The molecule has 1 fully saturated rings. The lowest BCUT2D eigenvalue weighted by Crippen LogP contribution is -2.43. The number of nitrogens with zero attached hydrogens (tertiary/aromatic N) is 3. The van der Waals surface area contributed by atoms with Crippen LogP contribution in [0.1, 0.15) is 32.1 Å². The average Bonchev–Trinajstić information content (AvgIpc) is 2.33. The number of anilines is 2. The van der Waals surface area contributed by atoms with Crippen molar-refractivity contribution in [3.05, 3.63) is 11.5 Å². The molecule has 1 aromatic rings. The van der Waals surface area contributed by atoms with Gasteiger partial charge in [0, 0.05) is 6.04 Å². The van der Waals surface area contributed by atoms with Crippen molar-refractivity contribution in [1.82, 2.24) is 9.97 Å². The Morgan fingerprint density at radius 2 is 1.94 bits per heavy atom. The molecule has 0 atom stereocenters. The van der Waals surface area contributed by atoms with Crippen molar-refractivity contribution < 1.29 is 0 Å². The summed E-state index contributed by atoms with van der Waals surface area (Å²) in [5, 5.41) is 1.90. The second-order valence-corrected chi connectivity index (χ2v) is 4.46. The maximum absolute atomic E-state index is 6.04. The highest BCUT2D eigenvalue weighted by Gasteiger charge is 2.22. The Balaban J connectivity index is 2.19. The molecule has 0 amide bonds. The third-order valence-corrected chi connectivity index (χ3v) is 3.33. The van der Waals surface area contributed by atoms with E-state index in [4.69, 9.17) is 23.2 Å². The van der Waals surface area contributed by atoms with Gasteiger partial charge in [0.2, 0.25) is 0 Å². The molecule has 1 aliphatic rings. The SMILES string of the molecule is Nc1c(Cl)ncnc1N(N)C1CCCCC1. The van der Waals surface area contributed by atoms with Gasteiger partial charge in [0.15, 0.2) is 11.0 Å². The van der Waals surface area contributed by atoms with Gasteiger partial charge in [0.05, 0.1) is 0 Å². The molecule has 0 radical (unpaired) electrons. The van der Waals surface area contributed by atoms with Gasteiger partial charge >= 0.3 is 0 Å². The Bertz CT molecular complexity index is 364. The van der Waals surface area contributed by atoms with Crippen LogP contribution in [0.2, 0.25) is 5.15 Å². The molecular weight excluding hydrogens is 226 g/mol. The molecule has 5 nitrogen and oxygen atoms in total. The van der Waals surface area contributed by atoms with Crippen molar-refractivity contribution in [3.8, 4) is 0 Å². The van der Waals surface area contributed by atoms with Crippen LogP contribution in [-0.4, -0.2) is 16.0 Å². The molecule has 4 N–H and O–H groups in total. The van der Waals surface area contributed by atoms with Crippen LogP contribution in [0.5, 0.6) is 0 Å². The topological polar surface area (TPSA) is 81.1 Å². The minimum atomic E-state index is 0.260. The lowest BCUT2D eigenvalue weighted by Gasteiger charge is -2.31. The van der Waals surface area contributed by atoms with Gasteiger partial charge in [-0.15, -0.1) is 0 Å². The summed E-state index contributed by atoms with van der Waals surface area (Å²) in [6, 6.07) is 0.307. The molecule has 88 valence electrons. The van der Waals surface area contributed by atoms with E-state index in [1.165, 1.54) is 25.6 Å². The summed E-state index contributed by atoms with van der Waals surface area (Å²) in [5.41, 5.74) is 6.17. The maximum Gasteiger partial charge on any atom is 0.171 e. The van der Waals surface area contributed by atoms with Crippen molar-refractivity contribution in [2.24, 2.45) is 5.84 Å². The van der Waals surface area contributed by atoms with Gasteiger partial charge in [-0.3, -0.25) is 5.01 Å². The summed E-state index contributed by atoms with van der Waals surface area (Å²) >= 11 is 5.84. The van der Waals surface area contributed by atoms with Gasteiger partial charge in [-0.25, -0.2) is 15.8 Å². The second kappa shape index (κ2) is 4.84. The van der Waals surface area contributed by atoms with E-state index >= 15 is 0 Å². The third kappa shape index (κ3) is 2.20. The molecular formula is C10H16ClN5. The van der Waals surface area contributed by atoms with E-state index in [0.717, 1.165) is 12.8 Å². The Hall–Kier alpha value is -1.07. The van der Waals surface area contributed by atoms with Crippen LogP contribution in [0, 0.1) is 0 Å². The van der Waals surface area contributed by atoms with E-state index in [9.17, 15) is 0 Å². The predicted octanol–water partition coefficient (Wildman–Crippen LogP) is 1.73. The standard InChI is InChI=1S/C10H16ClN5/c11-9-8(12)10(15-6-14-9)16(13)7-4-2-1-3-5-7/h6-7H,1-5,12-13H2. The zero-order chi connectivity index (χ0) is 11.5. The molecule has 1 heterocycles. The molecule has 6 heteroatoms. The van der Waals surface area contributed by atoms with Crippen LogP contribution in [0.15, 0.2) is 6.33 Å². The van der Waals surface area contributed by atoms with E-state index in [0.29, 0.717) is 17.5 Å². The number of aromatic nitrogens is 2. The quantitative estimate of drug-likeness (QED) is 0.468. The lowest BCUT2D eigenvalue weighted by molar-refractivity contribution is 0.416. The number of rotatable bonds is 2. The predicted molar refractivity (Wildman–Crippen MR) is 65.0 cm³/mol. The normalized spacial score (nSPS) is 17.4. The first-order valence-corrected chi connectivity index (χ1v) is 5.88. The third-order valence-electron chi connectivity index (χ3n) is 3.03. The highest BCUT2D eigenvalue weighted by molar-refractivity contribution is 6.32. The number of nitrogen functional groups attached to an aromatic ring is 1. The maximum atomic E-state index is 6.04. The number of hydrogen-bond donors (Lipinski definition) is 2. The van der Waals surface area contributed by atoms with Crippen LogP contribution < -0.4 is 16.6 Å². The van der Waals surface area contributed by atoms with E-state index in [2.05, 4.69) is 9.97 Å². The van der Waals surface area contributed by atoms with Crippen molar-refractivity contribution in [1.29, 1.82) is 0 Å². The van der Waals surface area contributed by atoms with Gasteiger partial charge in [0.25, 0.3) is 0 Å². The van der Waals surface area contributed by atoms with E-state index in [-0.39, 0.29) is 5.15 Å². The number of hydrazine groups is 1. The fourth-order valence-corrected chi connectivity index (χ4v) is 2.23. The highest BCUT2D eigenvalue weighted by Crippen LogP contribution is 2.29. The number of nitrogens with two attached hydrogens (primary N) is 2. The fraction of sp³-hybridized carbons (Fsp3) is 0.600. The first kappa shape index (κ1) is 11.4. The average molecular weight is 242 g/mol. The molecule has 2 rings (SSSR count). The summed E-state index contributed by atoms with van der Waals surface area (Å²) in [6.45, 7) is 0. The smallest absolute Gasteiger partial charge is 0.171 e. The fourth-order valence-electron chi connectivity index (χ4n) is 2.10. The van der Waals surface area contributed by atoms with Gasteiger partial charge < -0.3 is 5.73 Å². The number of hydrogen-bond acceptors (Lipinski definition) is 5. The molecule has 0 saturated heterocycles. The van der Waals surface area contributed by atoms with Crippen LogP contribution in [-0.2, 0) is 0 Å². The second-order valence-electron chi connectivity index (χ2n) is 4.10. The molecule has 1 aliphatic carbocycles. The Morgan fingerprint density at radius 3 is 2.62 bits per heavy atom. The molecule has 0 bridgehead atoms. The van der Waals surface area contributed by atoms with E-state index < -0.39 is 0 Å². The van der Waals surface area contributed by atoms with E-state index in [1.54, 1.807) is 5.01 Å². The van der Waals surface area contributed by atoms with Crippen LogP contribution in [0.4, 0.5) is 11.5 Å². The summed E-state index contributed by atoms with van der Waals surface area (Å²) in [7, 11) is 0. The lowest BCUT2D eigenvalue weighted by atomic mass is 9.95. The van der Waals surface area contributed by atoms with Crippen LogP contribution in [0.3, 0.4) is 0 Å².